The van der Waals surface area contributed by atoms with Crippen LogP contribution in [0.5, 0.6) is 0 Å². The highest BCUT2D eigenvalue weighted by atomic mass is 35.5. The van der Waals surface area contributed by atoms with Crippen LogP contribution in [0, 0.1) is 12.7 Å². The fourth-order valence-corrected chi connectivity index (χ4v) is 4.54. The Labute approximate surface area is 203 Å². The fraction of sp³-hybridized carbons (Fsp3) is 0.346. The molecule has 34 heavy (non-hydrogen) atoms. The lowest BCUT2D eigenvalue weighted by molar-refractivity contribution is -0.132. The second kappa shape index (κ2) is 10.8. The van der Waals surface area contributed by atoms with Gasteiger partial charge in [0.05, 0.1) is 17.8 Å². The van der Waals surface area contributed by atoms with E-state index in [1.165, 1.54) is 17.7 Å². The topological polar surface area (TPSA) is 58.4 Å². The third-order valence-electron chi connectivity index (χ3n) is 6.14. The van der Waals surface area contributed by atoms with Crippen molar-refractivity contribution in [3.05, 3.63) is 88.0 Å². The van der Waals surface area contributed by atoms with Gasteiger partial charge in [0.2, 0.25) is 5.91 Å². The first-order valence-electron chi connectivity index (χ1n) is 11.5. The summed E-state index contributed by atoms with van der Waals surface area (Å²) in [6, 6.07) is 16.2. The number of carbonyl (C=O) groups excluding carboxylic acids is 2. The summed E-state index contributed by atoms with van der Waals surface area (Å²) in [5, 5.41) is 4.69. The van der Waals surface area contributed by atoms with Gasteiger partial charge in [-0.1, -0.05) is 54.1 Å². The van der Waals surface area contributed by atoms with Crippen molar-refractivity contribution < 1.29 is 14.0 Å². The maximum Gasteiger partial charge on any atom is 0.259 e. The summed E-state index contributed by atoms with van der Waals surface area (Å²) in [4.78, 5) is 29.4. The molecule has 0 aliphatic carbocycles. The lowest BCUT2D eigenvalue weighted by atomic mass is 10.1. The molecule has 1 aliphatic heterocycles. The minimum Gasteiger partial charge on any atom is -0.339 e. The van der Waals surface area contributed by atoms with E-state index >= 15 is 0 Å². The number of halogens is 2. The molecule has 0 atom stereocenters. The normalized spacial score (nSPS) is 13.9. The number of piperazine rings is 1. The third kappa shape index (κ3) is 5.65. The van der Waals surface area contributed by atoms with Crippen molar-refractivity contribution in [2.75, 3.05) is 26.2 Å². The number of amides is 2. The molecule has 4 rings (SSSR count). The van der Waals surface area contributed by atoms with Gasteiger partial charge in [-0.2, -0.15) is 5.10 Å². The molecule has 1 aromatic heterocycles. The van der Waals surface area contributed by atoms with Crippen LogP contribution in [-0.2, 0) is 17.8 Å². The van der Waals surface area contributed by atoms with Gasteiger partial charge in [-0.3, -0.25) is 9.59 Å². The molecular formula is C26H28ClFN4O2. The Kier molecular flexibility index (Phi) is 7.63. The molecule has 2 aromatic carbocycles. The van der Waals surface area contributed by atoms with Crippen LogP contribution in [-0.4, -0.2) is 57.6 Å². The predicted octanol–water partition coefficient (Wildman–Crippen LogP) is 4.34. The second-order valence-electron chi connectivity index (χ2n) is 8.55. The van der Waals surface area contributed by atoms with Crippen LogP contribution >= 0.6 is 11.6 Å². The monoisotopic (exact) mass is 482 g/mol. The van der Waals surface area contributed by atoms with Gasteiger partial charge in [0.1, 0.15) is 11.0 Å². The second-order valence-corrected chi connectivity index (χ2v) is 8.91. The molecule has 0 radical (unpaired) electrons. The van der Waals surface area contributed by atoms with Crippen LogP contribution in [0.15, 0.2) is 54.6 Å². The zero-order valence-electron chi connectivity index (χ0n) is 19.2. The van der Waals surface area contributed by atoms with Crippen LogP contribution in [0.3, 0.4) is 0 Å². The number of benzene rings is 2. The van der Waals surface area contributed by atoms with Gasteiger partial charge in [-0.15, -0.1) is 0 Å². The van der Waals surface area contributed by atoms with Crippen molar-refractivity contribution in [3.63, 3.8) is 0 Å². The number of nitrogens with zero attached hydrogens (tertiary/aromatic N) is 4. The Morgan fingerprint density at radius 2 is 1.59 bits per heavy atom. The lowest BCUT2D eigenvalue weighted by Gasteiger charge is -2.35. The van der Waals surface area contributed by atoms with Crippen LogP contribution in [0.4, 0.5) is 4.39 Å². The molecule has 6 nitrogen and oxygen atoms in total. The smallest absolute Gasteiger partial charge is 0.259 e. The summed E-state index contributed by atoms with van der Waals surface area (Å²) in [6.07, 6.45) is 2.19. The van der Waals surface area contributed by atoms with Gasteiger partial charge in [-0.05, 0) is 43.0 Å². The van der Waals surface area contributed by atoms with Crippen LogP contribution in [0.1, 0.15) is 40.0 Å². The Morgan fingerprint density at radius 3 is 2.26 bits per heavy atom. The highest BCUT2D eigenvalue weighted by Gasteiger charge is 2.29. The molecule has 1 saturated heterocycles. The molecule has 0 bridgehead atoms. The van der Waals surface area contributed by atoms with Crippen molar-refractivity contribution in [3.8, 4) is 0 Å². The SMILES string of the molecule is Cc1nn(Cc2ccc(F)cc2)c(Cl)c1C(=O)N1CCN(C(=O)CCCc2ccccc2)CC1. The first-order valence-corrected chi connectivity index (χ1v) is 11.9. The van der Waals surface area contributed by atoms with Gasteiger partial charge >= 0.3 is 0 Å². The first kappa shape index (κ1) is 24.0. The zero-order chi connectivity index (χ0) is 24.1. The molecular weight excluding hydrogens is 455 g/mol. The average Bonchev–Trinajstić information content (AvgIpc) is 3.13. The maximum absolute atomic E-state index is 13.2. The Bertz CT molecular complexity index is 1140. The Morgan fingerprint density at radius 1 is 0.941 bits per heavy atom. The highest BCUT2D eigenvalue weighted by molar-refractivity contribution is 6.33. The molecule has 178 valence electrons. The van der Waals surface area contributed by atoms with E-state index in [-0.39, 0.29) is 22.8 Å². The summed E-state index contributed by atoms with van der Waals surface area (Å²) in [6.45, 7) is 4.04. The summed E-state index contributed by atoms with van der Waals surface area (Å²) in [5.41, 5.74) is 3.00. The number of carbonyl (C=O) groups is 2. The van der Waals surface area contributed by atoms with Crippen LogP contribution < -0.4 is 0 Å². The molecule has 2 heterocycles. The molecule has 1 fully saturated rings. The van der Waals surface area contributed by atoms with E-state index in [1.807, 2.05) is 23.1 Å². The number of hydrogen-bond acceptors (Lipinski definition) is 3. The lowest BCUT2D eigenvalue weighted by Crippen LogP contribution is -2.50. The molecule has 0 saturated carbocycles. The summed E-state index contributed by atoms with van der Waals surface area (Å²) in [5.74, 6) is -0.357. The van der Waals surface area contributed by atoms with Gasteiger partial charge in [0.15, 0.2) is 0 Å². The highest BCUT2D eigenvalue weighted by Crippen LogP contribution is 2.23. The van der Waals surface area contributed by atoms with E-state index in [4.69, 9.17) is 11.6 Å². The summed E-state index contributed by atoms with van der Waals surface area (Å²) in [7, 11) is 0. The van der Waals surface area contributed by atoms with Crippen molar-refractivity contribution in [1.82, 2.24) is 19.6 Å². The number of aromatic nitrogens is 2. The predicted molar refractivity (Wildman–Crippen MR) is 129 cm³/mol. The third-order valence-corrected chi connectivity index (χ3v) is 6.53. The first-order chi connectivity index (χ1) is 16.4. The van der Waals surface area contributed by atoms with E-state index in [2.05, 4.69) is 17.2 Å². The van der Waals surface area contributed by atoms with E-state index in [0.29, 0.717) is 50.4 Å². The van der Waals surface area contributed by atoms with Gasteiger partial charge < -0.3 is 9.80 Å². The van der Waals surface area contributed by atoms with Gasteiger partial charge in [0, 0.05) is 32.6 Å². The van der Waals surface area contributed by atoms with E-state index in [9.17, 15) is 14.0 Å². The van der Waals surface area contributed by atoms with E-state index < -0.39 is 0 Å². The molecule has 0 spiro atoms. The minimum atomic E-state index is -0.309. The largest absolute Gasteiger partial charge is 0.339 e. The maximum atomic E-state index is 13.2. The fourth-order valence-electron chi connectivity index (χ4n) is 4.23. The Hall–Kier alpha value is -3.19. The molecule has 1 aliphatic rings. The molecule has 0 unspecified atom stereocenters. The van der Waals surface area contributed by atoms with Gasteiger partial charge in [0.25, 0.3) is 5.91 Å². The van der Waals surface area contributed by atoms with Crippen molar-refractivity contribution in [2.45, 2.75) is 32.7 Å². The van der Waals surface area contributed by atoms with Crippen LogP contribution in [0.25, 0.3) is 0 Å². The van der Waals surface area contributed by atoms with Crippen molar-refractivity contribution in [2.24, 2.45) is 0 Å². The molecule has 0 N–H and O–H groups in total. The number of rotatable bonds is 7. The quantitative estimate of drug-likeness (QED) is 0.503. The molecule has 3 aromatic rings. The number of aryl methyl sites for hydroxylation is 2. The summed E-state index contributed by atoms with van der Waals surface area (Å²) >= 11 is 6.53. The molecule has 8 heteroatoms. The van der Waals surface area contributed by atoms with Crippen molar-refractivity contribution in [1.29, 1.82) is 0 Å². The van der Waals surface area contributed by atoms with Crippen molar-refractivity contribution >= 4 is 23.4 Å². The van der Waals surface area contributed by atoms with E-state index in [0.717, 1.165) is 18.4 Å². The standard InChI is InChI=1S/C26H28ClFN4O2/c1-19-24(25(27)32(29-19)18-21-10-12-22(28)13-11-21)26(34)31-16-14-30(15-17-31)23(33)9-5-8-20-6-3-2-4-7-20/h2-4,6-7,10-13H,5,8-9,14-18H2,1H3. The van der Waals surface area contributed by atoms with E-state index in [1.54, 1.807) is 28.6 Å². The zero-order valence-corrected chi connectivity index (χ0v) is 20.0. The summed E-state index contributed by atoms with van der Waals surface area (Å²) < 4.78 is 14.7. The van der Waals surface area contributed by atoms with Crippen LogP contribution in [0.2, 0.25) is 5.15 Å². The molecule has 2 amide bonds. The Balaban J connectivity index is 1.31. The minimum absolute atomic E-state index is 0.129. The van der Waals surface area contributed by atoms with Gasteiger partial charge in [-0.25, -0.2) is 9.07 Å². The average molecular weight is 483 g/mol. The number of hydrogen-bond donors (Lipinski definition) is 0.